The van der Waals surface area contributed by atoms with Gasteiger partial charge in [0.15, 0.2) is 12.6 Å². The van der Waals surface area contributed by atoms with Crippen molar-refractivity contribution in [3.8, 4) is 0 Å². The summed E-state index contributed by atoms with van der Waals surface area (Å²) in [5, 5.41) is 59.2. The average Bonchev–Trinajstić information content (AvgIpc) is 2.61. The summed E-state index contributed by atoms with van der Waals surface area (Å²) >= 11 is 0. The highest BCUT2D eigenvalue weighted by Crippen LogP contribution is 2.29. The smallest absolute Gasteiger partial charge is 0.187 e. The van der Waals surface area contributed by atoms with E-state index in [-0.39, 0.29) is 0 Å². The molecular formula is C14H26O11. The SMILES string of the molecule is COC1[C@@H](O)C(CO)O[C@@H](O[C@@H]2C(CO)O[C@@H](OC)[C@@H](O)C2O)[C@H]1O. The Morgan fingerprint density at radius 2 is 1.28 bits per heavy atom. The quantitative estimate of drug-likeness (QED) is 0.269. The van der Waals surface area contributed by atoms with Crippen LogP contribution in [0.2, 0.25) is 0 Å². The molecule has 2 aliphatic rings. The molecule has 0 radical (unpaired) electrons. The van der Waals surface area contributed by atoms with Crippen LogP contribution in [0.1, 0.15) is 0 Å². The molecule has 0 saturated carbocycles. The van der Waals surface area contributed by atoms with Gasteiger partial charge in [0.05, 0.1) is 13.2 Å². The van der Waals surface area contributed by atoms with Crippen molar-refractivity contribution in [2.75, 3.05) is 27.4 Å². The summed E-state index contributed by atoms with van der Waals surface area (Å²) in [6.07, 6.45) is -12.8. The fourth-order valence-electron chi connectivity index (χ4n) is 3.01. The molecule has 0 spiro atoms. The number of aliphatic hydroxyl groups excluding tert-OH is 6. The molecule has 2 aliphatic heterocycles. The maximum atomic E-state index is 10.3. The van der Waals surface area contributed by atoms with E-state index in [1.165, 1.54) is 14.2 Å². The van der Waals surface area contributed by atoms with Gasteiger partial charge >= 0.3 is 0 Å². The summed E-state index contributed by atoms with van der Waals surface area (Å²) in [5.41, 5.74) is 0. The van der Waals surface area contributed by atoms with Gasteiger partial charge in [-0.15, -0.1) is 0 Å². The molecule has 11 heteroatoms. The second kappa shape index (κ2) is 8.97. The fourth-order valence-corrected chi connectivity index (χ4v) is 3.01. The lowest BCUT2D eigenvalue weighted by atomic mass is 9.97. The lowest BCUT2D eigenvalue weighted by Crippen LogP contribution is -2.64. The Labute approximate surface area is 144 Å². The third-order valence-corrected chi connectivity index (χ3v) is 4.44. The molecule has 10 atom stereocenters. The standard InChI is InChI=1S/C14H26O11/c1-21-12-7(17)5(3-15)23-14(10(12)20)25-11-6(4-16)24-13(22-2)9(19)8(11)18/h5-20H,3-4H2,1-2H3/t5?,6?,7-,8?,9-,10-,11+,12?,13+,14-/m0/s1. The molecule has 0 aromatic carbocycles. The predicted molar refractivity (Wildman–Crippen MR) is 78.2 cm³/mol. The van der Waals surface area contributed by atoms with Gasteiger partial charge in [-0.2, -0.15) is 0 Å². The van der Waals surface area contributed by atoms with Crippen molar-refractivity contribution < 1.29 is 54.3 Å². The van der Waals surface area contributed by atoms with Gasteiger partial charge in [-0.05, 0) is 0 Å². The zero-order valence-corrected chi connectivity index (χ0v) is 13.9. The van der Waals surface area contributed by atoms with Gasteiger partial charge in [0, 0.05) is 14.2 Å². The largest absolute Gasteiger partial charge is 0.394 e. The molecule has 25 heavy (non-hydrogen) atoms. The summed E-state index contributed by atoms with van der Waals surface area (Å²) in [6.45, 7) is -1.12. The first-order valence-electron chi connectivity index (χ1n) is 7.85. The zero-order valence-electron chi connectivity index (χ0n) is 13.9. The molecule has 0 aromatic rings. The van der Waals surface area contributed by atoms with E-state index < -0.39 is 74.6 Å². The number of methoxy groups -OCH3 is 2. The number of ether oxygens (including phenoxy) is 5. The zero-order chi connectivity index (χ0) is 18.7. The van der Waals surface area contributed by atoms with Crippen LogP contribution in [-0.4, -0.2) is 119 Å². The minimum atomic E-state index is -1.51. The summed E-state index contributed by atoms with van der Waals surface area (Å²) in [7, 11) is 2.52. The topological polar surface area (TPSA) is 168 Å². The molecule has 0 aliphatic carbocycles. The average molecular weight is 370 g/mol. The molecular weight excluding hydrogens is 344 g/mol. The molecule has 2 rings (SSSR count). The van der Waals surface area contributed by atoms with Crippen LogP contribution in [0, 0.1) is 0 Å². The second-order valence-electron chi connectivity index (χ2n) is 5.95. The number of rotatable bonds is 6. The molecule has 0 amide bonds. The molecule has 0 bridgehead atoms. The van der Waals surface area contributed by atoms with Crippen LogP contribution < -0.4 is 0 Å². The summed E-state index contributed by atoms with van der Waals surface area (Å²) in [5.74, 6) is 0. The van der Waals surface area contributed by atoms with Crippen molar-refractivity contribution in [3.63, 3.8) is 0 Å². The van der Waals surface area contributed by atoms with Crippen LogP contribution in [0.3, 0.4) is 0 Å². The second-order valence-corrected chi connectivity index (χ2v) is 5.95. The molecule has 11 nitrogen and oxygen atoms in total. The first kappa shape index (κ1) is 20.9. The first-order chi connectivity index (χ1) is 11.9. The normalized spacial score (nSPS) is 48.5. The lowest BCUT2D eigenvalue weighted by Gasteiger charge is -2.46. The van der Waals surface area contributed by atoms with E-state index in [0.717, 1.165) is 0 Å². The Balaban J connectivity index is 2.15. The van der Waals surface area contributed by atoms with Crippen LogP contribution in [0.5, 0.6) is 0 Å². The maximum Gasteiger partial charge on any atom is 0.187 e. The van der Waals surface area contributed by atoms with Crippen LogP contribution in [0.25, 0.3) is 0 Å². The highest BCUT2D eigenvalue weighted by molar-refractivity contribution is 4.94. The maximum absolute atomic E-state index is 10.3. The van der Waals surface area contributed by atoms with E-state index in [1.807, 2.05) is 0 Å². The van der Waals surface area contributed by atoms with Crippen molar-refractivity contribution in [1.82, 2.24) is 0 Å². The van der Waals surface area contributed by atoms with Crippen molar-refractivity contribution in [2.45, 2.75) is 61.4 Å². The van der Waals surface area contributed by atoms with Gasteiger partial charge in [0.25, 0.3) is 0 Å². The van der Waals surface area contributed by atoms with Crippen molar-refractivity contribution in [3.05, 3.63) is 0 Å². The van der Waals surface area contributed by atoms with E-state index in [2.05, 4.69) is 0 Å². The summed E-state index contributed by atoms with van der Waals surface area (Å²) in [6, 6.07) is 0. The Morgan fingerprint density at radius 1 is 0.680 bits per heavy atom. The lowest BCUT2D eigenvalue weighted by molar-refractivity contribution is -0.358. The molecule has 0 aromatic heterocycles. The van der Waals surface area contributed by atoms with Crippen molar-refractivity contribution in [2.24, 2.45) is 0 Å². The Hall–Kier alpha value is -0.440. The van der Waals surface area contributed by atoms with Crippen LogP contribution in [0.15, 0.2) is 0 Å². The highest BCUT2D eigenvalue weighted by atomic mass is 16.7. The van der Waals surface area contributed by atoms with Gasteiger partial charge in [-0.1, -0.05) is 0 Å². The van der Waals surface area contributed by atoms with Crippen molar-refractivity contribution in [1.29, 1.82) is 0 Å². The van der Waals surface area contributed by atoms with E-state index in [0.29, 0.717) is 0 Å². The van der Waals surface area contributed by atoms with Crippen LogP contribution in [0.4, 0.5) is 0 Å². The Bertz CT molecular complexity index is 408. The Morgan fingerprint density at radius 3 is 1.80 bits per heavy atom. The molecule has 2 saturated heterocycles. The number of aliphatic hydroxyl groups is 6. The molecule has 2 heterocycles. The fraction of sp³-hybridized carbons (Fsp3) is 1.00. The van der Waals surface area contributed by atoms with E-state index in [4.69, 9.17) is 23.7 Å². The molecule has 148 valence electrons. The van der Waals surface area contributed by atoms with Gasteiger partial charge in [-0.3, -0.25) is 0 Å². The van der Waals surface area contributed by atoms with Gasteiger partial charge in [0.2, 0.25) is 0 Å². The molecule has 4 unspecified atom stereocenters. The van der Waals surface area contributed by atoms with E-state index in [9.17, 15) is 30.6 Å². The highest BCUT2D eigenvalue weighted by Gasteiger charge is 2.50. The van der Waals surface area contributed by atoms with Gasteiger partial charge in [0.1, 0.15) is 48.8 Å². The minimum absolute atomic E-state index is 0.559. The third-order valence-electron chi connectivity index (χ3n) is 4.44. The third kappa shape index (κ3) is 4.12. The minimum Gasteiger partial charge on any atom is -0.394 e. The summed E-state index contributed by atoms with van der Waals surface area (Å²) < 4.78 is 26.0. The van der Waals surface area contributed by atoms with Crippen molar-refractivity contribution >= 4 is 0 Å². The van der Waals surface area contributed by atoms with Gasteiger partial charge < -0.3 is 54.3 Å². The number of hydrogen-bond acceptors (Lipinski definition) is 11. The van der Waals surface area contributed by atoms with Crippen LogP contribution >= 0.6 is 0 Å². The monoisotopic (exact) mass is 370 g/mol. The predicted octanol–water partition coefficient (Wildman–Crippen LogP) is -4.09. The van der Waals surface area contributed by atoms with Crippen LogP contribution in [-0.2, 0) is 23.7 Å². The van der Waals surface area contributed by atoms with E-state index >= 15 is 0 Å². The number of hydrogen-bond donors (Lipinski definition) is 6. The first-order valence-corrected chi connectivity index (χ1v) is 7.85. The molecule has 2 fully saturated rings. The molecule has 6 N–H and O–H groups in total. The Kier molecular flexibility index (Phi) is 7.49. The van der Waals surface area contributed by atoms with Gasteiger partial charge in [-0.25, -0.2) is 0 Å². The summed E-state index contributed by atoms with van der Waals surface area (Å²) in [4.78, 5) is 0. The van der Waals surface area contributed by atoms with E-state index in [1.54, 1.807) is 0 Å².